The standard InChI is InChI=1S/C15H10Cl2O3S/c1-20-15(19)9-4-2-3-5-12(9)21-13-7-6-11(16)14(17)10(13)8-18/h2-8H,1H3. The lowest BCUT2D eigenvalue weighted by molar-refractivity contribution is 0.0596. The maximum absolute atomic E-state index is 11.7. The number of carbonyl (C=O) groups is 2. The minimum atomic E-state index is -0.439. The minimum Gasteiger partial charge on any atom is -0.465 e. The van der Waals surface area contributed by atoms with Gasteiger partial charge in [-0.1, -0.05) is 47.1 Å². The Balaban J connectivity index is 2.46. The first-order chi connectivity index (χ1) is 10.1. The van der Waals surface area contributed by atoms with Crippen LogP contribution in [0.15, 0.2) is 46.2 Å². The molecule has 2 aromatic carbocycles. The first-order valence-corrected chi connectivity index (χ1v) is 7.44. The van der Waals surface area contributed by atoms with Crippen molar-refractivity contribution in [1.29, 1.82) is 0 Å². The van der Waals surface area contributed by atoms with Crippen molar-refractivity contribution in [2.24, 2.45) is 0 Å². The zero-order chi connectivity index (χ0) is 15.4. The number of ether oxygens (including phenoxy) is 1. The van der Waals surface area contributed by atoms with E-state index in [9.17, 15) is 9.59 Å². The molecule has 0 aliphatic heterocycles. The number of esters is 1. The Kier molecular flexibility index (Phi) is 5.28. The molecule has 0 aliphatic carbocycles. The molecular weight excluding hydrogens is 331 g/mol. The summed E-state index contributed by atoms with van der Waals surface area (Å²) in [6, 6.07) is 10.3. The third kappa shape index (κ3) is 3.40. The molecule has 0 saturated carbocycles. The number of hydrogen-bond acceptors (Lipinski definition) is 4. The van der Waals surface area contributed by atoms with Gasteiger partial charge in [-0.05, 0) is 24.3 Å². The fourth-order valence-electron chi connectivity index (χ4n) is 1.70. The van der Waals surface area contributed by atoms with Gasteiger partial charge in [-0.25, -0.2) is 4.79 Å². The van der Waals surface area contributed by atoms with Crippen LogP contribution in [-0.2, 0) is 4.74 Å². The van der Waals surface area contributed by atoms with Crippen LogP contribution >= 0.6 is 35.0 Å². The van der Waals surface area contributed by atoms with Crippen LogP contribution in [0.5, 0.6) is 0 Å². The van der Waals surface area contributed by atoms with Crippen LogP contribution in [0.2, 0.25) is 10.0 Å². The monoisotopic (exact) mass is 340 g/mol. The molecule has 21 heavy (non-hydrogen) atoms. The van der Waals surface area contributed by atoms with Gasteiger partial charge in [0.1, 0.15) is 0 Å². The molecule has 6 heteroatoms. The molecule has 2 rings (SSSR count). The average Bonchev–Trinajstić information content (AvgIpc) is 2.51. The Labute approximate surface area is 136 Å². The molecule has 0 aromatic heterocycles. The summed E-state index contributed by atoms with van der Waals surface area (Å²) in [6.45, 7) is 0. The Morgan fingerprint density at radius 3 is 2.52 bits per heavy atom. The molecular formula is C15H10Cl2O3S. The van der Waals surface area contributed by atoms with Gasteiger partial charge >= 0.3 is 5.97 Å². The smallest absolute Gasteiger partial charge is 0.339 e. The lowest BCUT2D eigenvalue weighted by atomic mass is 10.2. The third-order valence-electron chi connectivity index (χ3n) is 2.72. The molecule has 0 aliphatic rings. The number of halogens is 2. The molecule has 0 saturated heterocycles. The van der Waals surface area contributed by atoms with E-state index in [1.807, 2.05) is 0 Å². The Morgan fingerprint density at radius 1 is 1.14 bits per heavy atom. The van der Waals surface area contributed by atoms with Gasteiger partial charge in [-0.15, -0.1) is 0 Å². The van der Waals surface area contributed by atoms with Gasteiger partial charge < -0.3 is 4.74 Å². The second kappa shape index (κ2) is 6.98. The van der Waals surface area contributed by atoms with E-state index in [4.69, 9.17) is 27.9 Å². The minimum absolute atomic E-state index is 0.201. The number of carbonyl (C=O) groups excluding carboxylic acids is 2. The van der Waals surface area contributed by atoms with Gasteiger partial charge in [0.05, 0.1) is 22.7 Å². The molecule has 0 bridgehead atoms. The number of methoxy groups -OCH3 is 1. The molecule has 0 radical (unpaired) electrons. The molecule has 2 aromatic rings. The zero-order valence-electron chi connectivity index (χ0n) is 10.9. The highest BCUT2D eigenvalue weighted by atomic mass is 35.5. The van der Waals surface area contributed by atoms with Gasteiger partial charge in [0, 0.05) is 15.4 Å². The fourth-order valence-corrected chi connectivity index (χ4v) is 3.17. The summed E-state index contributed by atoms with van der Waals surface area (Å²) in [6.07, 6.45) is 0.650. The highest BCUT2D eigenvalue weighted by Gasteiger charge is 2.16. The van der Waals surface area contributed by atoms with Gasteiger partial charge in [0.15, 0.2) is 6.29 Å². The van der Waals surface area contributed by atoms with Crippen molar-refractivity contribution in [3.05, 3.63) is 57.6 Å². The summed E-state index contributed by atoms with van der Waals surface area (Å²) < 4.78 is 4.75. The molecule has 0 atom stereocenters. The largest absolute Gasteiger partial charge is 0.465 e. The van der Waals surface area contributed by atoms with E-state index in [-0.39, 0.29) is 5.02 Å². The van der Waals surface area contributed by atoms with E-state index >= 15 is 0 Å². The van der Waals surface area contributed by atoms with Gasteiger partial charge in [-0.2, -0.15) is 0 Å². The highest BCUT2D eigenvalue weighted by molar-refractivity contribution is 7.99. The summed E-state index contributed by atoms with van der Waals surface area (Å²) in [5.74, 6) is -0.439. The lowest BCUT2D eigenvalue weighted by Crippen LogP contribution is -2.02. The molecule has 0 amide bonds. The van der Waals surface area contributed by atoms with Crippen LogP contribution in [0.25, 0.3) is 0 Å². The fraction of sp³-hybridized carbons (Fsp3) is 0.0667. The number of rotatable bonds is 4. The van der Waals surface area contributed by atoms with Crippen LogP contribution < -0.4 is 0 Å². The van der Waals surface area contributed by atoms with Gasteiger partial charge in [0.25, 0.3) is 0 Å². The van der Waals surface area contributed by atoms with Crippen LogP contribution in [-0.4, -0.2) is 19.4 Å². The topological polar surface area (TPSA) is 43.4 Å². The summed E-state index contributed by atoms with van der Waals surface area (Å²) >= 11 is 13.2. The second-order valence-corrected chi connectivity index (χ2v) is 5.85. The Bertz CT molecular complexity index is 701. The lowest BCUT2D eigenvalue weighted by Gasteiger charge is -2.10. The first-order valence-electron chi connectivity index (χ1n) is 5.87. The summed E-state index contributed by atoms with van der Waals surface area (Å²) in [5, 5.41) is 0.511. The average molecular weight is 341 g/mol. The molecule has 0 unspecified atom stereocenters. The molecule has 0 spiro atoms. The molecule has 0 N–H and O–H groups in total. The maximum atomic E-state index is 11.7. The predicted octanol–water partition coefficient (Wildman–Crippen LogP) is 4.74. The second-order valence-electron chi connectivity index (χ2n) is 3.98. The van der Waals surface area contributed by atoms with Crippen molar-refractivity contribution < 1.29 is 14.3 Å². The Morgan fingerprint density at radius 2 is 1.86 bits per heavy atom. The molecule has 0 fully saturated rings. The van der Waals surface area contributed by atoms with Crippen LogP contribution in [0.4, 0.5) is 0 Å². The number of benzene rings is 2. The van der Waals surface area contributed by atoms with E-state index in [2.05, 4.69) is 0 Å². The van der Waals surface area contributed by atoms with Crippen molar-refractivity contribution in [3.8, 4) is 0 Å². The zero-order valence-corrected chi connectivity index (χ0v) is 13.3. The highest BCUT2D eigenvalue weighted by Crippen LogP contribution is 2.37. The Hall–Kier alpha value is -1.49. The predicted molar refractivity (Wildman–Crippen MR) is 83.8 cm³/mol. The van der Waals surface area contributed by atoms with E-state index in [1.54, 1.807) is 36.4 Å². The first kappa shape index (κ1) is 15.9. The van der Waals surface area contributed by atoms with Crippen molar-refractivity contribution in [3.63, 3.8) is 0 Å². The van der Waals surface area contributed by atoms with E-state index < -0.39 is 5.97 Å². The summed E-state index contributed by atoms with van der Waals surface area (Å²) in [5.41, 5.74) is 0.724. The van der Waals surface area contributed by atoms with Crippen molar-refractivity contribution in [2.45, 2.75) is 9.79 Å². The normalized spacial score (nSPS) is 10.2. The number of aldehydes is 1. The van der Waals surface area contributed by atoms with Crippen molar-refractivity contribution in [2.75, 3.05) is 7.11 Å². The number of hydrogen-bond donors (Lipinski definition) is 0. The summed E-state index contributed by atoms with van der Waals surface area (Å²) in [7, 11) is 1.32. The van der Waals surface area contributed by atoms with E-state index in [0.717, 1.165) is 0 Å². The van der Waals surface area contributed by atoms with Crippen LogP contribution in [0.1, 0.15) is 20.7 Å². The van der Waals surface area contributed by atoms with Gasteiger partial charge in [-0.3, -0.25) is 4.79 Å². The van der Waals surface area contributed by atoms with Crippen molar-refractivity contribution >= 4 is 47.2 Å². The van der Waals surface area contributed by atoms with E-state index in [0.29, 0.717) is 32.2 Å². The van der Waals surface area contributed by atoms with Crippen LogP contribution in [0, 0.1) is 0 Å². The van der Waals surface area contributed by atoms with Crippen molar-refractivity contribution in [1.82, 2.24) is 0 Å². The SMILES string of the molecule is COC(=O)c1ccccc1Sc1ccc(Cl)c(Cl)c1C=O. The van der Waals surface area contributed by atoms with Gasteiger partial charge in [0.2, 0.25) is 0 Å². The molecule has 3 nitrogen and oxygen atoms in total. The quantitative estimate of drug-likeness (QED) is 0.595. The molecule has 108 valence electrons. The maximum Gasteiger partial charge on any atom is 0.339 e. The van der Waals surface area contributed by atoms with E-state index in [1.165, 1.54) is 18.9 Å². The summed E-state index contributed by atoms with van der Waals surface area (Å²) in [4.78, 5) is 24.3. The van der Waals surface area contributed by atoms with Crippen LogP contribution in [0.3, 0.4) is 0 Å². The molecule has 0 heterocycles. The third-order valence-corrected chi connectivity index (χ3v) is 4.69.